The Balaban J connectivity index is 0.000000172. The van der Waals surface area contributed by atoms with Crippen LogP contribution in [0.15, 0.2) is 85.1 Å². The minimum absolute atomic E-state index is 0. The number of fused-ring (bicyclic) bond motifs is 2. The Kier molecular flexibility index (Phi) is 6.73. The monoisotopic (exact) mass is 609 g/mol. The van der Waals surface area contributed by atoms with E-state index in [1.54, 1.807) is 6.20 Å². The minimum Gasteiger partial charge on any atom is -0.407 e. The number of nitrogens with zero attached hydrogens (tertiary/aromatic N) is 4. The van der Waals surface area contributed by atoms with Gasteiger partial charge >= 0.3 is 20.1 Å². The molecule has 0 saturated heterocycles. The number of rotatable bonds is 2. The van der Waals surface area contributed by atoms with Gasteiger partial charge in [0.05, 0.1) is 17.1 Å². The Morgan fingerprint density at radius 2 is 1.64 bits per heavy atom. The summed E-state index contributed by atoms with van der Waals surface area (Å²) in [5.74, 6) is 0. The van der Waals surface area contributed by atoms with Crippen molar-refractivity contribution in [3.63, 3.8) is 0 Å². The van der Waals surface area contributed by atoms with E-state index in [0.29, 0.717) is 6.04 Å². The first-order chi connectivity index (χ1) is 15.6. The van der Waals surface area contributed by atoms with Crippen molar-refractivity contribution in [1.82, 2.24) is 9.55 Å². The van der Waals surface area contributed by atoms with Gasteiger partial charge in [-0.05, 0) is 44.4 Å². The van der Waals surface area contributed by atoms with Gasteiger partial charge in [0.15, 0.2) is 0 Å². The van der Waals surface area contributed by atoms with E-state index in [9.17, 15) is 0 Å². The second kappa shape index (κ2) is 9.70. The van der Waals surface area contributed by atoms with E-state index >= 15 is 0 Å². The summed E-state index contributed by atoms with van der Waals surface area (Å²) in [6.07, 6.45) is 5.27. The first-order valence-corrected chi connectivity index (χ1v) is 10.8. The molecule has 4 nitrogen and oxygen atoms in total. The van der Waals surface area contributed by atoms with Crippen LogP contribution in [0.4, 0.5) is 11.4 Å². The van der Waals surface area contributed by atoms with Gasteiger partial charge in [0.25, 0.3) is 0 Å². The first-order valence-electron chi connectivity index (χ1n) is 10.8. The molecule has 3 heterocycles. The van der Waals surface area contributed by atoms with E-state index in [0.717, 1.165) is 22.6 Å². The molecule has 1 aliphatic heterocycles. The number of anilines is 2. The maximum absolute atomic E-state index is 4.22. The zero-order valence-electron chi connectivity index (χ0n) is 18.8. The van der Waals surface area contributed by atoms with Gasteiger partial charge in [0.1, 0.15) is 0 Å². The molecule has 5 aromatic rings. The number of hydrogen-bond donors (Lipinski definition) is 0. The third kappa shape index (κ3) is 4.22. The van der Waals surface area contributed by atoms with Crippen LogP contribution in [-0.2, 0) is 20.1 Å². The van der Waals surface area contributed by atoms with Crippen molar-refractivity contribution in [3.8, 4) is 16.9 Å². The molecule has 0 radical (unpaired) electrons. The van der Waals surface area contributed by atoms with Gasteiger partial charge < -0.3 is 19.0 Å². The van der Waals surface area contributed by atoms with Crippen LogP contribution in [-0.4, -0.2) is 16.6 Å². The molecule has 2 aromatic heterocycles. The topological polar surface area (TPSA) is 24.9 Å². The summed E-state index contributed by atoms with van der Waals surface area (Å²) >= 11 is 0. The molecule has 33 heavy (non-hydrogen) atoms. The standard InChI is InChI=1S/C17H16N3.C11H8N.Ir/c1-12(2)19-11-20-14-8-5-4-7-13(14)18(3)15-9-6-10-16(19)17(15)20;1-2-6-10(7-3-1)11-8-4-5-9-12-11;/h4-7,9-10,12H,1-3H3;1-6,8-9H;/q2*-1;+3. The molecule has 1 aliphatic rings. The van der Waals surface area contributed by atoms with E-state index in [-0.39, 0.29) is 20.1 Å². The number of pyridine rings is 1. The molecule has 6 rings (SSSR count). The Labute approximate surface area is 208 Å². The van der Waals surface area contributed by atoms with Gasteiger partial charge in [-0.25, -0.2) is 0 Å². The average molecular weight is 609 g/mol. The van der Waals surface area contributed by atoms with E-state index in [4.69, 9.17) is 0 Å². The Morgan fingerprint density at radius 1 is 0.848 bits per heavy atom. The van der Waals surface area contributed by atoms with Gasteiger partial charge in [0, 0.05) is 11.9 Å². The summed E-state index contributed by atoms with van der Waals surface area (Å²) in [5, 5.41) is 0. The van der Waals surface area contributed by atoms with Gasteiger partial charge in [-0.1, -0.05) is 30.0 Å². The van der Waals surface area contributed by atoms with Crippen LogP contribution in [0.2, 0.25) is 0 Å². The van der Waals surface area contributed by atoms with Crippen molar-refractivity contribution >= 4 is 22.4 Å². The predicted molar refractivity (Wildman–Crippen MR) is 128 cm³/mol. The van der Waals surface area contributed by atoms with Crippen LogP contribution in [0.1, 0.15) is 19.9 Å². The van der Waals surface area contributed by atoms with Crippen molar-refractivity contribution in [2.75, 3.05) is 11.9 Å². The van der Waals surface area contributed by atoms with Crippen molar-refractivity contribution < 1.29 is 24.7 Å². The molecule has 0 saturated carbocycles. The molecule has 3 aromatic carbocycles. The summed E-state index contributed by atoms with van der Waals surface area (Å²) in [4.78, 5) is 6.45. The van der Waals surface area contributed by atoms with Gasteiger partial charge in [-0.3, -0.25) is 0 Å². The first kappa shape index (κ1) is 22.9. The molecular weight excluding hydrogens is 585 g/mol. The number of hydrogen-bond acceptors (Lipinski definition) is 2. The Hall–Kier alpha value is -3.27. The second-order valence-electron chi connectivity index (χ2n) is 8.00. The van der Waals surface area contributed by atoms with Crippen molar-refractivity contribution in [1.29, 1.82) is 0 Å². The molecule has 5 heteroatoms. The van der Waals surface area contributed by atoms with Crippen molar-refractivity contribution in [2.45, 2.75) is 19.9 Å². The summed E-state index contributed by atoms with van der Waals surface area (Å²) in [5.41, 5.74) is 7.88. The normalized spacial score (nSPS) is 11.5. The number of imidazole rings is 1. The maximum atomic E-state index is 4.22. The van der Waals surface area contributed by atoms with Crippen LogP contribution >= 0.6 is 0 Å². The van der Waals surface area contributed by atoms with Gasteiger partial charge in [-0.2, -0.15) is 24.3 Å². The summed E-state index contributed by atoms with van der Waals surface area (Å²) in [6.45, 7) is 4.37. The smallest absolute Gasteiger partial charge is 0.407 e. The molecule has 164 valence electrons. The second-order valence-corrected chi connectivity index (χ2v) is 8.00. The predicted octanol–water partition coefficient (Wildman–Crippen LogP) is 5.73. The van der Waals surface area contributed by atoms with E-state index in [1.807, 2.05) is 54.6 Å². The average Bonchev–Trinajstić information content (AvgIpc) is 3.25. The van der Waals surface area contributed by atoms with Crippen LogP contribution in [0.5, 0.6) is 0 Å². The van der Waals surface area contributed by atoms with E-state index < -0.39 is 0 Å². The minimum atomic E-state index is 0. The third-order valence-electron chi connectivity index (χ3n) is 5.61. The van der Waals surface area contributed by atoms with Gasteiger partial charge in [-0.15, -0.1) is 35.9 Å². The van der Waals surface area contributed by atoms with Crippen molar-refractivity contribution in [3.05, 3.63) is 104 Å². The molecule has 0 spiro atoms. The third-order valence-corrected chi connectivity index (χ3v) is 5.61. The number of benzene rings is 3. The fourth-order valence-corrected chi connectivity index (χ4v) is 4.05. The molecule has 0 aliphatic carbocycles. The van der Waals surface area contributed by atoms with Crippen LogP contribution in [0, 0.1) is 18.5 Å². The Morgan fingerprint density at radius 3 is 2.36 bits per heavy atom. The largest absolute Gasteiger partial charge is 3.00 e. The molecule has 0 N–H and O–H groups in total. The summed E-state index contributed by atoms with van der Waals surface area (Å²) < 4.78 is 4.34. The fourth-order valence-electron chi connectivity index (χ4n) is 4.05. The number of para-hydroxylation sites is 2. The zero-order chi connectivity index (χ0) is 22.1. The molecule has 0 unspecified atom stereocenters. The SMILES string of the molecule is CC(C)n1[c-][n+]2c3c(cccc31)N(C)c1ccc[c-]c1-2.[Ir+3].[c-]1ccccc1-c1ccccn1. The molecule has 0 atom stereocenters. The number of aromatic nitrogens is 3. The Bertz CT molecular complexity index is 1320. The quantitative estimate of drug-likeness (QED) is 0.189. The molecule has 0 fully saturated rings. The van der Waals surface area contributed by atoms with Crippen molar-refractivity contribution in [2.24, 2.45) is 0 Å². The van der Waals surface area contributed by atoms with E-state index in [2.05, 4.69) is 82.6 Å². The zero-order valence-corrected chi connectivity index (χ0v) is 21.2. The molecule has 0 bridgehead atoms. The van der Waals surface area contributed by atoms with Crippen LogP contribution < -0.4 is 9.47 Å². The van der Waals surface area contributed by atoms with E-state index in [1.165, 1.54) is 16.7 Å². The molecule has 0 amide bonds. The summed E-state index contributed by atoms with van der Waals surface area (Å²) in [7, 11) is 2.11. The maximum Gasteiger partial charge on any atom is 3.00 e. The van der Waals surface area contributed by atoms with Crippen LogP contribution in [0.3, 0.4) is 0 Å². The molecular formula is C28H24IrN4+. The van der Waals surface area contributed by atoms with Gasteiger partial charge in [0.2, 0.25) is 6.33 Å². The van der Waals surface area contributed by atoms with Crippen LogP contribution in [0.25, 0.3) is 28.0 Å². The summed E-state index contributed by atoms with van der Waals surface area (Å²) in [6, 6.07) is 33.1. The fraction of sp³-hybridized carbons (Fsp3) is 0.143.